The van der Waals surface area contributed by atoms with Gasteiger partial charge in [0.15, 0.2) is 11.5 Å². The van der Waals surface area contributed by atoms with Gasteiger partial charge in [-0.3, -0.25) is 14.4 Å². The minimum Gasteiger partial charge on any atom is -0.425 e. The quantitative estimate of drug-likeness (QED) is 0.329. The Labute approximate surface area is 104 Å². The number of benzene rings is 1. The summed E-state index contributed by atoms with van der Waals surface area (Å²) in [6.07, 6.45) is 1.18. The summed E-state index contributed by atoms with van der Waals surface area (Å²) >= 11 is 0. The minimum atomic E-state index is -0.499. The van der Waals surface area contributed by atoms with Gasteiger partial charge in [0.2, 0.25) is 6.41 Å². The van der Waals surface area contributed by atoms with E-state index in [2.05, 4.69) is 5.32 Å². The van der Waals surface area contributed by atoms with Gasteiger partial charge in [0.1, 0.15) is 0 Å². The van der Waals surface area contributed by atoms with Gasteiger partial charge in [0, 0.05) is 13.5 Å². The van der Waals surface area contributed by atoms with Crippen LogP contribution in [-0.2, 0) is 20.8 Å². The van der Waals surface area contributed by atoms with Crippen molar-refractivity contribution in [3.63, 3.8) is 0 Å². The molecule has 0 aromatic heterocycles. The molecule has 96 valence electrons. The second-order valence-electron chi connectivity index (χ2n) is 3.41. The van der Waals surface area contributed by atoms with Gasteiger partial charge in [-0.1, -0.05) is 6.07 Å². The van der Waals surface area contributed by atoms with Gasteiger partial charge in [-0.05, 0) is 24.1 Å². The van der Waals surface area contributed by atoms with Crippen molar-refractivity contribution < 1.29 is 23.9 Å². The monoisotopic (exact) mass is 251 g/mol. The lowest BCUT2D eigenvalue weighted by molar-refractivity contribution is -0.132. The second-order valence-corrected chi connectivity index (χ2v) is 3.41. The van der Waals surface area contributed by atoms with Crippen LogP contribution in [0.2, 0.25) is 0 Å². The van der Waals surface area contributed by atoms with E-state index < -0.39 is 5.97 Å². The number of hydrogen-bond donors (Lipinski definition) is 1. The van der Waals surface area contributed by atoms with Gasteiger partial charge in [0.25, 0.3) is 6.47 Å². The molecule has 0 aliphatic carbocycles. The molecule has 6 nitrogen and oxygen atoms in total. The van der Waals surface area contributed by atoms with Crippen LogP contribution in [0.3, 0.4) is 0 Å². The number of carbonyl (C=O) groups is 3. The van der Waals surface area contributed by atoms with Crippen LogP contribution in [0.1, 0.15) is 12.5 Å². The SMILES string of the molecule is CC(=O)Oc1ccc(CCNC=O)cc1OC=O. The van der Waals surface area contributed by atoms with Crippen molar-refractivity contribution in [2.45, 2.75) is 13.3 Å². The highest BCUT2D eigenvalue weighted by Gasteiger charge is 2.08. The fraction of sp³-hybridized carbons (Fsp3) is 0.250. The number of ether oxygens (including phenoxy) is 2. The van der Waals surface area contributed by atoms with Crippen molar-refractivity contribution in [2.75, 3.05) is 6.54 Å². The lowest BCUT2D eigenvalue weighted by Crippen LogP contribution is -2.14. The standard InChI is InChI=1S/C12H13NO5/c1-9(16)18-11-3-2-10(4-5-13-7-14)6-12(11)17-8-15/h2-3,6-8H,4-5H2,1H3,(H,13,14). The van der Waals surface area contributed by atoms with Crippen molar-refractivity contribution in [1.82, 2.24) is 5.32 Å². The summed E-state index contributed by atoms with van der Waals surface area (Å²) in [5.41, 5.74) is 0.845. The van der Waals surface area contributed by atoms with Gasteiger partial charge in [-0.25, -0.2) is 0 Å². The van der Waals surface area contributed by atoms with E-state index in [-0.39, 0.29) is 18.0 Å². The molecule has 0 heterocycles. The summed E-state index contributed by atoms with van der Waals surface area (Å²) in [7, 11) is 0. The van der Waals surface area contributed by atoms with E-state index in [1.165, 1.54) is 13.0 Å². The summed E-state index contributed by atoms with van der Waals surface area (Å²) in [6.45, 7) is 1.99. The number of nitrogens with one attached hydrogen (secondary N) is 1. The number of carbonyl (C=O) groups excluding carboxylic acids is 3. The maximum Gasteiger partial charge on any atom is 0.308 e. The third-order valence-corrected chi connectivity index (χ3v) is 2.08. The largest absolute Gasteiger partial charge is 0.425 e. The first-order valence-corrected chi connectivity index (χ1v) is 5.26. The lowest BCUT2D eigenvalue weighted by atomic mass is 10.1. The van der Waals surface area contributed by atoms with Crippen LogP contribution in [0.15, 0.2) is 18.2 Å². The van der Waals surface area contributed by atoms with Crippen LogP contribution >= 0.6 is 0 Å². The first-order valence-electron chi connectivity index (χ1n) is 5.26. The molecule has 0 aliphatic rings. The molecule has 0 radical (unpaired) electrons. The third-order valence-electron chi connectivity index (χ3n) is 2.08. The predicted molar refractivity (Wildman–Crippen MR) is 62.2 cm³/mol. The van der Waals surface area contributed by atoms with Crippen LogP contribution in [0.5, 0.6) is 11.5 Å². The Kier molecular flexibility index (Phi) is 5.37. The summed E-state index contributed by atoms with van der Waals surface area (Å²) in [5, 5.41) is 2.52. The summed E-state index contributed by atoms with van der Waals surface area (Å²) in [4.78, 5) is 31.3. The molecule has 1 rings (SSSR count). The van der Waals surface area contributed by atoms with Crippen molar-refractivity contribution in [3.05, 3.63) is 23.8 Å². The molecule has 0 aliphatic heterocycles. The molecule has 0 saturated carbocycles. The summed E-state index contributed by atoms with van der Waals surface area (Å²) < 4.78 is 9.62. The van der Waals surface area contributed by atoms with E-state index >= 15 is 0 Å². The average Bonchev–Trinajstić information content (AvgIpc) is 2.32. The molecule has 6 heteroatoms. The fourth-order valence-electron chi connectivity index (χ4n) is 1.37. The average molecular weight is 251 g/mol. The molecule has 18 heavy (non-hydrogen) atoms. The predicted octanol–water partition coefficient (Wildman–Crippen LogP) is 0.436. The van der Waals surface area contributed by atoms with Gasteiger partial charge >= 0.3 is 5.97 Å². The second kappa shape index (κ2) is 7.05. The molecule has 0 saturated heterocycles. The third kappa shape index (κ3) is 4.25. The zero-order chi connectivity index (χ0) is 13.4. The van der Waals surface area contributed by atoms with Gasteiger partial charge in [-0.15, -0.1) is 0 Å². The maximum atomic E-state index is 10.9. The Morgan fingerprint density at radius 1 is 1.33 bits per heavy atom. The molecule has 0 bridgehead atoms. The minimum absolute atomic E-state index is 0.170. The molecule has 0 fully saturated rings. The van der Waals surface area contributed by atoms with Crippen LogP contribution < -0.4 is 14.8 Å². The Morgan fingerprint density at radius 2 is 2.11 bits per heavy atom. The summed E-state index contributed by atoms with van der Waals surface area (Å²) in [6, 6.07) is 4.85. The molecule has 1 aromatic rings. The van der Waals surface area contributed by atoms with Gasteiger partial charge in [-0.2, -0.15) is 0 Å². The summed E-state index contributed by atoms with van der Waals surface area (Å²) in [5.74, 6) is -0.147. The van der Waals surface area contributed by atoms with E-state index in [1.54, 1.807) is 12.1 Å². The molecule has 1 N–H and O–H groups in total. The van der Waals surface area contributed by atoms with E-state index in [9.17, 15) is 14.4 Å². The van der Waals surface area contributed by atoms with Gasteiger partial charge < -0.3 is 14.8 Å². The molecule has 1 aromatic carbocycles. The van der Waals surface area contributed by atoms with Crippen LogP contribution in [0.25, 0.3) is 0 Å². The zero-order valence-corrected chi connectivity index (χ0v) is 9.84. The van der Waals surface area contributed by atoms with E-state index in [4.69, 9.17) is 9.47 Å². The van der Waals surface area contributed by atoms with Crippen molar-refractivity contribution in [3.8, 4) is 11.5 Å². The Bertz CT molecular complexity index is 444. The molecular formula is C12H13NO5. The Hall–Kier alpha value is -2.37. The van der Waals surface area contributed by atoms with Crippen LogP contribution in [0, 0.1) is 0 Å². The fourth-order valence-corrected chi connectivity index (χ4v) is 1.37. The number of rotatable bonds is 7. The molecular weight excluding hydrogens is 238 g/mol. The molecule has 0 atom stereocenters. The Balaban J connectivity index is 2.84. The first-order chi connectivity index (χ1) is 8.67. The zero-order valence-electron chi connectivity index (χ0n) is 9.84. The van der Waals surface area contributed by atoms with Crippen molar-refractivity contribution in [1.29, 1.82) is 0 Å². The number of esters is 1. The molecule has 0 spiro atoms. The smallest absolute Gasteiger partial charge is 0.308 e. The van der Waals surface area contributed by atoms with E-state index in [0.29, 0.717) is 19.4 Å². The van der Waals surface area contributed by atoms with Crippen molar-refractivity contribution >= 4 is 18.9 Å². The van der Waals surface area contributed by atoms with Gasteiger partial charge in [0.05, 0.1) is 0 Å². The maximum absolute atomic E-state index is 10.9. The highest BCUT2D eigenvalue weighted by Crippen LogP contribution is 2.28. The highest BCUT2D eigenvalue weighted by atomic mass is 16.6. The topological polar surface area (TPSA) is 81.7 Å². The van der Waals surface area contributed by atoms with Crippen molar-refractivity contribution in [2.24, 2.45) is 0 Å². The van der Waals surface area contributed by atoms with Crippen LogP contribution in [0.4, 0.5) is 0 Å². The Morgan fingerprint density at radius 3 is 2.72 bits per heavy atom. The first kappa shape index (κ1) is 13.7. The number of hydrogen-bond acceptors (Lipinski definition) is 5. The highest BCUT2D eigenvalue weighted by molar-refractivity contribution is 5.71. The van der Waals surface area contributed by atoms with E-state index in [0.717, 1.165) is 5.56 Å². The lowest BCUT2D eigenvalue weighted by Gasteiger charge is -2.09. The van der Waals surface area contributed by atoms with Crippen LogP contribution in [-0.4, -0.2) is 25.4 Å². The number of amides is 1. The normalized spacial score (nSPS) is 9.39. The molecule has 1 amide bonds. The van der Waals surface area contributed by atoms with E-state index in [1.807, 2.05) is 0 Å². The molecule has 0 unspecified atom stereocenters.